The highest BCUT2D eigenvalue weighted by Crippen LogP contribution is 2.18. The van der Waals surface area contributed by atoms with E-state index >= 15 is 0 Å². The van der Waals surface area contributed by atoms with Crippen LogP contribution in [0.25, 0.3) is 0 Å². The molecule has 4 heteroatoms. The number of benzene rings is 1. The number of rotatable bonds is 5. The van der Waals surface area contributed by atoms with E-state index < -0.39 is 0 Å². The minimum atomic E-state index is -0.325. The fourth-order valence-electron chi connectivity index (χ4n) is 1.45. The van der Waals surface area contributed by atoms with Gasteiger partial charge in [0.25, 0.3) is 0 Å². The van der Waals surface area contributed by atoms with E-state index in [9.17, 15) is 4.39 Å². The number of hydrogen-bond donors (Lipinski definition) is 0. The second-order valence-electron chi connectivity index (χ2n) is 3.51. The van der Waals surface area contributed by atoms with Gasteiger partial charge in [0.05, 0.1) is 6.07 Å². The maximum absolute atomic E-state index is 12.8. The van der Waals surface area contributed by atoms with Gasteiger partial charge in [0.2, 0.25) is 0 Å². The van der Waals surface area contributed by atoms with E-state index in [0.717, 1.165) is 12.1 Å². The summed E-state index contributed by atoms with van der Waals surface area (Å²) < 4.78 is 12.8. The molecule has 0 aliphatic rings. The minimum Gasteiger partial charge on any atom is -0.298 e. The Bertz CT molecular complexity index is 387. The number of hydrogen-bond acceptors (Lipinski definition) is 2. The molecule has 1 rings (SSSR count). The Kier molecular flexibility index (Phi) is 5.24. The Balaban J connectivity index is 2.67. The molecule has 86 valence electrons. The van der Waals surface area contributed by atoms with Gasteiger partial charge in [0, 0.05) is 24.5 Å². The predicted octanol–water partition coefficient (Wildman–Crippen LogP) is 3.21. The van der Waals surface area contributed by atoms with Crippen molar-refractivity contribution >= 4 is 11.6 Å². The summed E-state index contributed by atoms with van der Waals surface area (Å²) in [6, 6.07) is 6.51. The first kappa shape index (κ1) is 13.0. The Morgan fingerprint density at radius 3 is 2.81 bits per heavy atom. The van der Waals surface area contributed by atoms with Gasteiger partial charge < -0.3 is 0 Å². The molecule has 0 saturated heterocycles. The van der Waals surface area contributed by atoms with Crippen molar-refractivity contribution in [1.82, 2.24) is 4.90 Å². The second-order valence-corrected chi connectivity index (χ2v) is 3.92. The summed E-state index contributed by atoms with van der Waals surface area (Å²) in [6.45, 7) is 4.22. The minimum absolute atomic E-state index is 0.325. The van der Waals surface area contributed by atoms with Gasteiger partial charge in [-0.15, -0.1) is 0 Å². The lowest BCUT2D eigenvalue weighted by molar-refractivity contribution is 0.286. The molecule has 0 atom stereocenters. The van der Waals surface area contributed by atoms with E-state index in [0.29, 0.717) is 24.5 Å². The molecular weight excluding hydrogens is 227 g/mol. The van der Waals surface area contributed by atoms with Gasteiger partial charge in [-0.05, 0) is 24.2 Å². The van der Waals surface area contributed by atoms with Crippen molar-refractivity contribution in [3.8, 4) is 6.07 Å². The topological polar surface area (TPSA) is 27.0 Å². The van der Waals surface area contributed by atoms with Crippen LogP contribution in [0.5, 0.6) is 0 Å². The van der Waals surface area contributed by atoms with Crippen LogP contribution >= 0.6 is 11.6 Å². The quantitative estimate of drug-likeness (QED) is 0.790. The summed E-state index contributed by atoms with van der Waals surface area (Å²) in [5, 5.41) is 8.96. The molecule has 0 saturated carbocycles. The molecule has 0 unspecified atom stereocenters. The second kappa shape index (κ2) is 6.47. The van der Waals surface area contributed by atoms with Crippen molar-refractivity contribution in [2.75, 3.05) is 13.1 Å². The zero-order chi connectivity index (χ0) is 12.0. The summed E-state index contributed by atoms with van der Waals surface area (Å²) in [6.07, 6.45) is 0.493. The standard InChI is InChI=1S/C12H14ClFN2/c1-2-16(7-3-6-15)9-10-4-5-11(14)8-12(10)13/h4-5,8H,2-3,7,9H2,1H3. The molecule has 0 fully saturated rings. The number of nitriles is 1. The zero-order valence-electron chi connectivity index (χ0n) is 9.21. The largest absolute Gasteiger partial charge is 0.298 e. The van der Waals surface area contributed by atoms with E-state index in [-0.39, 0.29) is 5.82 Å². The molecule has 0 radical (unpaired) electrons. The average molecular weight is 241 g/mol. The summed E-state index contributed by atoms with van der Waals surface area (Å²) in [5.41, 5.74) is 0.892. The Labute approximate surface area is 100 Å². The molecule has 0 aliphatic heterocycles. The first-order valence-electron chi connectivity index (χ1n) is 5.20. The van der Waals surface area contributed by atoms with Gasteiger partial charge in [0.15, 0.2) is 0 Å². The normalized spacial score (nSPS) is 10.4. The summed E-state index contributed by atoms with van der Waals surface area (Å²) >= 11 is 5.93. The van der Waals surface area contributed by atoms with Gasteiger partial charge in [-0.25, -0.2) is 4.39 Å². The predicted molar refractivity (Wildman–Crippen MR) is 62.6 cm³/mol. The van der Waals surface area contributed by atoms with Gasteiger partial charge >= 0.3 is 0 Å². The van der Waals surface area contributed by atoms with Crippen LogP contribution in [0.2, 0.25) is 5.02 Å². The Morgan fingerprint density at radius 2 is 2.25 bits per heavy atom. The van der Waals surface area contributed by atoms with Gasteiger partial charge in [-0.1, -0.05) is 24.6 Å². The average Bonchev–Trinajstić information content (AvgIpc) is 2.27. The molecule has 0 aliphatic carbocycles. The van der Waals surface area contributed by atoms with Crippen molar-refractivity contribution < 1.29 is 4.39 Å². The van der Waals surface area contributed by atoms with Crippen molar-refractivity contribution in [3.63, 3.8) is 0 Å². The van der Waals surface area contributed by atoms with Gasteiger partial charge in [-0.3, -0.25) is 4.90 Å². The fourth-order valence-corrected chi connectivity index (χ4v) is 1.67. The smallest absolute Gasteiger partial charge is 0.124 e. The monoisotopic (exact) mass is 240 g/mol. The van der Waals surface area contributed by atoms with E-state index in [2.05, 4.69) is 11.0 Å². The molecule has 0 aromatic heterocycles. The first-order chi connectivity index (χ1) is 7.67. The highest BCUT2D eigenvalue weighted by molar-refractivity contribution is 6.31. The van der Waals surface area contributed by atoms with E-state index in [1.54, 1.807) is 6.07 Å². The first-order valence-corrected chi connectivity index (χ1v) is 5.58. The molecule has 16 heavy (non-hydrogen) atoms. The van der Waals surface area contributed by atoms with Crippen LogP contribution in [0.3, 0.4) is 0 Å². The molecule has 0 heterocycles. The molecule has 0 bridgehead atoms. The summed E-state index contributed by atoms with van der Waals surface area (Å²) in [4.78, 5) is 2.10. The molecule has 1 aromatic carbocycles. The highest BCUT2D eigenvalue weighted by Gasteiger charge is 2.07. The molecular formula is C12H14ClFN2. The SMILES string of the molecule is CCN(CCC#N)Cc1ccc(F)cc1Cl. The van der Waals surface area contributed by atoms with Crippen molar-refractivity contribution in [2.24, 2.45) is 0 Å². The Morgan fingerprint density at radius 1 is 1.50 bits per heavy atom. The van der Waals surface area contributed by atoms with E-state index in [4.69, 9.17) is 16.9 Å². The summed E-state index contributed by atoms with van der Waals surface area (Å²) in [7, 11) is 0. The molecule has 0 N–H and O–H groups in total. The lowest BCUT2D eigenvalue weighted by Crippen LogP contribution is -2.23. The van der Waals surface area contributed by atoms with Crippen molar-refractivity contribution in [1.29, 1.82) is 5.26 Å². The van der Waals surface area contributed by atoms with Crippen LogP contribution in [-0.2, 0) is 6.54 Å². The third-order valence-corrected chi connectivity index (χ3v) is 2.75. The third kappa shape index (κ3) is 3.80. The van der Waals surface area contributed by atoms with Crippen LogP contribution in [0.15, 0.2) is 18.2 Å². The lowest BCUT2D eigenvalue weighted by Gasteiger charge is -2.19. The molecule has 0 amide bonds. The van der Waals surface area contributed by atoms with Crippen LogP contribution in [0, 0.1) is 17.1 Å². The maximum Gasteiger partial charge on any atom is 0.124 e. The third-order valence-electron chi connectivity index (χ3n) is 2.40. The Hall–Kier alpha value is -1.11. The van der Waals surface area contributed by atoms with Gasteiger partial charge in [0.1, 0.15) is 5.82 Å². The van der Waals surface area contributed by atoms with E-state index in [1.807, 2.05) is 6.92 Å². The van der Waals surface area contributed by atoms with Gasteiger partial charge in [-0.2, -0.15) is 5.26 Å². The molecule has 1 aromatic rings. The lowest BCUT2D eigenvalue weighted by atomic mass is 10.2. The maximum atomic E-state index is 12.8. The van der Waals surface area contributed by atoms with E-state index in [1.165, 1.54) is 12.1 Å². The molecule has 2 nitrogen and oxygen atoms in total. The number of halogens is 2. The number of nitrogens with zero attached hydrogens (tertiary/aromatic N) is 2. The fraction of sp³-hybridized carbons (Fsp3) is 0.417. The van der Waals surface area contributed by atoms with Crippen molar-refractivity contribution in [3.05, 3.63) is 34.6 Å². The highest BCUT2D eigenvalue weighted by atomic mass is 35.5. The van der Waals surface area contributed by atoms with Crippen LogP contribution < -0.4 is 0 Å². The zero-order valence-corrected chi connectivity index (χ0v) is 9.97. The van der Waals surface area contributed by atoms with Crippen LogP contribution in [-0.4, -0.2) is 18.0 Å². The van der Waals surface area contributed by atoms with Crippen LogP contribution in [0.1, 0.15) is 18.9 Å². The molecule has 0 spiro atoms. The summed E-state index contributed by atoms with van der Waals surface area (Å²) in [5.74, 6) is -0.325. The van der Waals surface area contributed by atoms with Crippen LogP contribution in [0.4, 0.5) is 4.39 Å². The van der Waals surface area contributed by atoms with Crippen molar-refractivity contribution in [2.45, 2.75) is 19.9 Å².